The quantitative estimate of drug-likeness (QED) is 0.759. The van der Waals surface area contributed by atoms with E-state index in [0.29, 0.717) is 0 Å². The maximum absolute atomic E-state index is 11.4. The molecule has 1 aromatic rings. The minimum Gasteiger partial charge on any atom is -0.465 e. The number of nitrogens with zero attached hydrogens (tertiary/aromatic N) is 1. The van der Waals surface area contributed by atoms with Crippen LogP contribution in [-0.4, -0.2) is 19.0 Å². The fraction of sp³-hybridized carbons (Fsp3) is 0.300. The normalized spacial score (nSPS) is 9.38. The van der Waals surface area contributed by atoms with Crippen molar-refractivity contribution in [2.75, 3.05) is 12.4 Å². The molecule has 0 aliphatic carbocycles. The Morgan fingerprint density at radius 3 is 2.56 bits per heavy atom. The molecule has 0 spiro atoms. The Balaban J connectivity index is 3.30. The van der Waals surface area contributed by atoms with Crippen molar-refractivity contribution < 1.29 is 18.7 Å². The van der Waals surface area contributed by atoms with Crippen molar-refractivity contribution in [2.24, 2.45) is 0 Å². The lowest BCUT2D eigenvalue weighted by molar-refractivity contribution is -0.114. The second kappa shape index (κ2) is 4.49. The van der Waals surface area contributed by atoms with Gasteiger partial charge in [-0.3, -0.25) is 10.1 Å². The van der Waals surface area contributed by atoms with Crippen LogP contribution in [0.1, 0.15) is 28.6 Å². The molecule has 16 heavy (non-hydrogen) atoms. The van der Waals surface area contributed by atoms with E-state index in [1.54, 1.807) is 6.07 Å². The summed E-state index contributed by atoms with van der Waals surface area (Å²) in [6, 6.07) is 1.80. The third-order valence-corrected chi connectivity index (χ3v) is 1.88. The summed E-state index contributed by atoms with van der Waals surface area (Å²) in [7, 11) is 1.20. The van der Waals surface area contributed by atoms with Crippen molar-refractivity contribution in [1.82, 2.24) is 0 Å². The van der Waals surface area contributed by atoms with E-state index in [-0.39, 0.29) is 28.7 Å². The van der Waals surface area contributed by atoms with Gasteiger partial charge in [-0.1, -0.05) is 0 Å². The molecule has 84 valence electrons. The van der Waals surface area contributed by atoms with Gasteiger partial charge in [0.15, 0.2) is 0 Å². The van der Waals surface area contributed by atoms with E-state index in [0.717, 1.165) is 0 Å². The van der Waals surface area contributed by atoms with Gasteiger partial charge in [-0.25, -0.2) is 4.79 Å². The number of carbonyl (C=O) groups excluding carboxylic acids is 2. The first-order valence-corrected chi connectivity index (χ1v) is 4.40. The van der Waals surface area contributed by atoms with Gasteiger partial charge in [-0.15, -0.1) is 0 Å². The Kier molecular flexibility index (Phi) is 3.30. The summed E-state index contributed by atoms with van der Waals surface area (Å²) in [5.41, 5.74) is 0.00769. The van der Waals surface area contributed by atoms with Crippen LogP contribution < -0.4 is 5.32 Å². The number of hydrogen-bond acceptors (Lipinski definition) is 5. The fourth-order valence-corrected chi connectivity index (χ4v) is 1.25. The molecule has 0 aromatic carbocycles. The Morgan fingerprint density at radius 2 is 2.12 bits per heavy atom. The predicted octanol–water partition coefficient (Wildman–Crippen LogP) is 1.20. The standard InChI is InChI=1S/C10H10N2O4/c1-5-8(10(14)15-3)7(4-11)9(16-5)12-6(2)13/h1-3H3,(H,12,13). The molecule has 6 heteroatoms. The molecule has 1 rings (SSSR count). The number of aryl methyl sites for hydroxylation is 1. The molecule has 0 atom stereocenters. The number of amides is 1. The van der Waals surface area contributed by atoms with Gasteiger partial charge in [0.2, 0.25) is 11.8 Å². The maximum Gasteiger partial charge on any atom is 0.342 e. The molecule has 6 nitrogen and oxygen atoms in total. The highest BCUT2D eigenvalue weighted by Crippen LogP contribution is 2.26. The number of furan rings is 1. The largest absolute Gasteiger partial charge is 0.465 e. The second-order valence-electron chi connectivity index (χ2n) is 3.02. The van der Waals surface area contributed by atoms with Crippen LogP contribution in [0.25, 0.3) is 0 Å². The number of hydrogen-bond donors (Lipinski definition) is 1. The number of esters is 1. The minimum absolute atomic E-state index is 0.0282. The molecule has 0 saturated carbocycles. The zero-order chi connectivity index (χ0) is 12.3. The lowest BCUT2D eigenvalue weighted by Gasteiger charge is -1.97. The number of anilines is 1. The Hall–Kier alpha value is -2.29. The average Bonchev–Trinajstić information content (AvgIpc) is 2.52. The number of carbonyl (C=O) groups is 2. The lowest BCUT2D eigenvalue weighted by atomic mass is 10.1. The van der Waals surface area contributed by atoms with Gasteiger partial charge in [0.05, 0.1) is 7.11 Å². The molecular weight excluding hydrogens is 212 g/mol. The highest BCUT2D eigenvalue weighted by molar-refractivity contribution is 5.97. The molecule has 1 heterocycles. The van der Waals surface area contributed by atoms with Crippen LogP contribution in [0.5, 0.6) is 0 Å². The van der Waals surface area contributed by atoms with E-state index in [2.05, 4.69) is 10.1 Å². The van der Waals surface area contributed by atoms with E-state index >= 15 is 0 Å². The van der Waals surface area contributed by atoms with Gasteiger partial charge < -0.3 is 9.15 Å². The van der Waals surface area contributed by atoms with Crippen LogP contribution in [0.3, 0.4) is 0 Å². The smallest absolute Gasteiger partial charge is 0.342 e. The summed E-state index contributed by atoms with van der Waals surface area (Å²) >= 11 is 0. The van der Waals surface area contributed by atoms with Crippen molar-refractivity contribution >= 4 is 17.8 Å². The van der Waals surface area contributed by atoms with Crippen molar-refractivity contribution in [3.63, 3.8) is 0 Å². The van der Waals surface area contributed by atoms with Crippen LogP contribution in [0, 0.1) is 18.3 Å². The zero-order valence-electron chi connectivity index (χ0n) is 9.08. The number of nitrogens with one attached hydrogen (secondary N) is 1. The van der Waals surface area contributed by atoms with E-state index in [1.165, 1.54) is 21.0 Å². The first kappa shape index (κ1) is 11.8. The molecule has 0 unspecified atom stereocenters. The number of methoxy groups -OCH3 is 1. The summed E-state index contributed by atoms with van der Waals surface area (Å²) in [6.07, 6.45) is 0. The molecule has 0 radical (unpaired) electrons. The number of nitriles is 1. The first-order valence-electron chi connectivity index (χ1n) is 4.40. The van der Waals surface area contributed by atoms with E-state index in [1.807, 2.05) is 0 Å². The molecule has 0 fully saturated rings. The molecule has 0 bridgehead atoms. The first-order chi connectivity index (χ1) is 7.51. The Bertz CT molecular complexity index is 482. The van der Waals surface area contributed by atoms with E-state index in [4.69, 9.17) is 9.68 Å². The monoisotopic (exact) mass is 222 g/mol. The average molecular weight is 222 g/mol. The van der Waals surface area contributed by atoms with Gasteiger partial charge in [-0.05, 0) is 6.92 Å². The van der Waals surface area contributed by atoms with E-state index < -0.39 is 5.97 Å². The molecule has 0 aliphatic rings. The van der Waals surface area contributed by atoms with Gasteiger partial charge in [-0.2, -0.15) is 5.26 Å². The summed E-state index contributed by atoms with van der Waals surface area (Å²) in [6.45, 7) is 2.79. The SMILES string of the molecule is COC(=O)c1c(C)oc(NC(C)=O)c1C#N. The number of rotatable bonds is 2. The third kappa shape index (κ3) is 2.03. The topological polar surface area (TPSA) is 92.3 Å². The summed E-state index contributed by atoms with van der Waals surface area (Å²) in [5.74, 6) is -0.865. The van der Waals surface area contributed by atoms with Crippen molar-refractivity contribution in [1.29, 1.82) is 5.26 Å². The molecule has 1 N–H and O–H groups in total. The van der Waals surface area contributed by atoms with Crippen LogP contribution in [-0.2, 0) is 9.53 Å². The third-order valence-electron chi connectivity index (χ3n) is 1.88. The molecule has 1 amide bonds. The molecule has 0 aliphatic heterocycles. The van der Waals surface area contributed by atoms with E-state index in [9.17, 15) is 9.59 Å². The summed E-state index contributed by atoms with van der Waals surface area (Å²) in [5, 5.41) is 11.2. The van der Waals surface area contributed by atoms with Gasteiger partial charge in [0.25, 0.3) is 0 Å². The predicted molar refractivity (Wildman–Crippen MR) is 53.8 cm³/mol. The van der Waals surface area contributed by atoms with Crippen molar-refractivity contribution in [3.05, 3.63) is 16.9 Å². The molecule has 0 saturated heterocycles. The minimum atomic E-state index is -0.672. The fourth-order valence-electron chi connectivity index (χ4n) is 1.25. The zero-order valence-corrected chi connectivity index (χ0v) is 9.08. The summed E-state index contributed by atoms with van der Waals surface area (Å²) in [4.78, 5) is 22.2. The van der Waals surface area contributed by atoms with Crippen molar-refractivity contribution in [3.8, 4) is 6.07 Å². The van der Waals surface area contributed by atoms with Crippen molar-refractivity contribution in [2.45, 2.75) is 13.8 Å². The second-order valence-corrected chi connectivity index (χ2v) is 3.02. The van der Waals surface area contributed by atoms with Crippen LogP contribution in [0.4, 0.5) is 5.88 Å². The molecular formula is C10H10N2O4. The van der Waals surface area contributed by atoms with Crippen LogP contribution in [0.2, 0.25) is 0 Å². The van der Waals surface area contributed by atoms with Gasteiger partial charge in [0, 0.05) is 6.92 Å². The summed E-state index contributed by atoms with van der Waals surface area (Å²) < 4.78 is 9.63. The van der Waals surface area contributed by atoms with Crippen LogP contribution in [0.15, 0.2) is 4.42 Å². The molecule has 1 aromatic heterocycles. The Labute approximate surface area is 91.8 Å². The number of ether oxygens (including phenoxy) is 1. The maximum atomic E-state index is 11.4. The Morgan fingerprint density at radius 1 is 1.50 bits per heavy atom. The van der Waals surface area contributed by atoms with Gasteiger partial charge >= 0.3 is 5.97 Å². The highest BCUT2D eigenvalue weighted by atomic mass is 16.5. The van der Waals surface area contributed by atoms with Gasteiger partial charge in [0.1, 0.15) is 23.0 Å². The van der Waals surface area contributed by atoms with Crippen LogP contribution >= 0.6 is 0 Å². The highest BCUT2D eigenvalue weighted by Gasteiger charge is 2.24. The lowest BCUT2D eigenvalue weighted by Crippen LogP contribution is -2.08.